The molecule has 0 aliphatic heterocycles. The molecule has 1 N–H and O–H groups in total. The Hall–Kier alpha value is -0.610. The van der Waals surface area contributed by atoms with Crippen LogP contribution in [-0.4, -0.2) is 48.8 Å². The molecule has 0 spiro atoms. The van der Waals surface area contributed by atoms with Crippen molar-refractivity contribution in [3.8, 4) is 0 Å². The van der Waals surface area contributed by atoms with E-state index in [1.165, 1.54) is 0 Å². The fourth-order valence-corrected chi connectivity index (χ4v) is 1.68. The molecule has 1 amide bonds. The molecular weight excluding hydrogens is 194 g/mol. The number of hydrogen-bond acceptors (Lipinski definition) is 3. The van der Waals surface area contributed by atoms with Crippen molar-refractivity contribution < 1.29 is 14.6 Å². The maximum atomic E-state index is 11.8. The summed E-state index contributed by atoms with van der Waals surface area (Å²) in [5.74, 6) is 0.0691. The van der Waals surface area contributed by atoms with Crippen molar-refractivity contribution in [2.75, 3.05) is 26.9 Å². The van der Waals surface area contributed by atoms with Gasteiger partial charge < -0.3 is 14.7 Å². The lowest BCUT2D eigenvalue weighted by Gasteiger charge is -2.30. The third-order valence-corrected chi connectivity index (χ3v) is 2.56. The first kappa shape index (κ1) is 14.4. The second kappa shape index (κ2) is 8.68. The zero-order valence-corrected chi connectivity index (χ0v) is 10.0. The van der Waals surface area contributed by atoms with E-state index >= 15 is 0 Å². The predicted octanol–water partition coefficient (Wildman–Crippen LogP) is 1.03. The number of methoxy groups -OCH3 is 1. The third kappa shape index (κ3) is 5.14. The molecule has 0 saturated carbocycles. The number of amides is 1. The fourth-order valence-electron chi connectivity index (χ4n) is 1.68. The summed E-state index contributed by atoms with van der Waals surface area (Å²) in [6.07, 6.45) is 2.25. The van der Waals surface area contributed by atoms with Crippen LogP contribution in [0.1, 0.15) is 33.1 Å². The van der Waals surface area contributed by atoms with Gasteiger partial charge >= 0.3 is 0 Å². The Balaban J connectivity index is 4.28. The average Bonchev–Trinajstić information content (AvgIpc) is 2.26. The first-order valence-corrected chi connectivity index (χ1v) is 5.60. The number of rotatable bonds is 8. The fraction of sp³-hybridized carbons (Fsp3) is 0.909. The Morgan fingerprint density at radius 2 is 2.00 bits per heavy atom. The van der Waals surface area contributed by atoms with E-state index in [0.717, 1.165) is 12.8 Å². The second-order valence-corrected chi connectivity index (χ2v) is 3.52. The molecule has 0 aromatic carbocycles. The highest BCUT2D eigenvalue weighted by Gasteiger charge is 2.19. The highest BCUT2D eigenvalue weighted by molar-refractivity contribution is 5.76. The Bertz CT molecular complexity index is 169. The van der Waals surface area contributed by atoms with Gasteiger partial charge in [0.1, 0.15) is 0 Å². The van der Waals surface area contributed by atoms with Crippen LogP contribution in [0.15, 0.2) is 0 Å². The summed E-state index contributed by atoms with van der Waals surface area (Å²) in [7, 11) is 1.58. The standard InChI is InChI=1S/C11H23NO3/c1-4-10(5-2)12(7-8-13)11(14)6-9-15-3/h10,13H,4-9H2,1-3H3. The van der Waals surface area contributed by atoms with Crippen LogP contribution in [0.3, 0.4) is 0 Å². The van der Waals surface area contributed by atoms with Crippen molar-refractivity contribution in [3.05, 3.63) is 0 Å². The van der Waals surface area contributed by atoms with E-state index in [4.69, 9.17) is 9.84 Å². The Kier molecular flexibility index (Phi) is 8.33. The molecule has 0 atom stereocenters. The summed E-state index contributed by atoms with van der Waals surface area (Å²) < 4.78 is 4.88. The van der Waals surface area contributed by atoms with Gasteiger partial charge in [-0.25, -0.2) is 0 Å². The van der Waals surface area contributed by atoms with E-state index in [1.54, 1.807) is 12.0 Å². The summed E-state index contributed by atoms with van der Waals surface area (Å²) in [6, 6.07) is 0.238. The van der Waals surface area contributed by atoms with Crippen molar-refractivity contribution in [3.63, 3.8) is 0 Å². The number of nitrogens with zero attached hydrogens (tertiary/aromatic N) is 1. The highest BCUT2D eigenvalue weighted by atomic mass is 16.5. The molecule has 0 saturated heterocycles. The third-order valence-electron chi connectivity index (χ3n) is 2.56. The smallest absolute Gasteiger partial charge is 0.225 e. The number of carbonyl (C=O) groups is 1. The second-order valence-electron chi connectivity index (χ2n) is 3.52. The summed E-state index contributed by atoms with van der Waals surface area (Å²) in [5.41, 5.74) is 0. The zero-order chi connectivity index (χ0) is 11.7. The van der Waals surface area contributed by atoms with Crippen LogP contribution in [0, 0.1) is 0 Å². The molecule has 4 heteroatoms. The van der Waals surface area contributed by atoms with Crippen molar-refractivity contribution in [2.45, 2.75) is 39.2 Å². The normalized spacial score (nSPS) is 10.7. The topological polar surface area (TPSA) is 49.8 Å². The van der Waals surface area contributed by atoms with Crippen LogP contribution in [0.5, 0.6) is 0 Å². The monoisotopic (exact) mass is 217 g/mol. The molecule has 0 aromatic heterocycles. The van der Waals surface area contributed by atoms with Gasteiger partial charge in [-0.1, -0.05) is 13.8 Å². The highest BCUT2D eigenvalue weighted by Crippen LogP contribution is 2.09. The van der Waals surface area contributed by atoms with Crippen LogP contribution >= 0.6 is 0 Å². The molecule has 90 valence electrons. The minimum atomic E-state index is 0.0230. The van der Waals surface area contributed by atoms with Gasteiger partial charge in [-0.05, 0) is 12.8 Å². The summed E-state index contributed by atoms with van der Waals surface area (Å²) in [5, 5.41) is 8.93. The molecule has 0 bridgehead atoms. The van der Waals surface area contributed by atoms with Crippen molar-refractivity contribution in [1.82, 2.24) is 4.90 Å². The Labute approximate surface area is 92.2 Å². The molecule has 0 aliphatic rings. The number of carbonyl (C=O) groups excluding carboxylic acids is 1. The lowest BCUT2D eigenvalue weighted by molar-refractivity contribution is -0.135. The van der Waals surface area contributed by atoms with Gasteiger partial charge in [-0.3, -0.25) is 4.79 Å². The molecule has 0 fully saturated rings. The molecule has 0 rings (SSSR count). The maximum absolute atomic E-state index is 11.8. The molecular formula is C11H23NO3. The minimum absolute atomic E-state index is 0.0230. The van der Waals surface area contributed by atoms with Crippen molar-refractivity contribution >= 4 is 5.91 Å². The van der Waals surface area contributed by atoms with Gasteiger partial charge in [0.15, 0.2) is 0 Å². The van der Waals surface area contributed by atoms with E-state index in [1.807, 2.05) is 0 Å². The zero-order valence-electron chi connectivity index (χ0n) is 10.0. The van der Waals surface area contributed by atoms with Gasteiger partial charge in [0.2, 0.25) is 5.91 Å². The first-order valence-electron chi connectivity index (χ1n) is 5.60. The lowest BCUT2D eigenvalue weighted by atomic mass is 10.1. The first-order chi connectivity index (χ1) is 7.21. The number of aliphatic hydroxyl groups excluding tert-OH is 1. The van der Waals surface area contributed by atoms with E-state index < -0.39 is 0 Å². The molecule has 0 aliphatic carbocycles. The van der Waals surface area contributed by atoms with E-state index in [2.05, 4.69) is 13.8 Å². The minimum Gasteiger partial charge on any atom is -0.395 e. The number of ether oxygens (including phenoxy) is 1. The van der Waals surface area contributed by atoms with Gasteiger partial charge in [-0.15, -0.1) is 0 Å². The van der Waals surface area contributed by atoms with E-state index in [9.17, 15) is 4.79 Å². The maximum Gasteiger partial charge on any atom is 0.225 e. The van der Waals surface area contributed by atoms with E-state index in [-0.39, 0.29) is 18.6 Å². The molecule has 0 unspecified atom stereocenters. The van der Waals surface area contributed by atoms with Crippen LogP contribution in [0.25, 0.3) is 0 Å². The average molecular weight is 217 g/mol. The molecule has 4 nitrogen and oxygen atoms in total. The van der Waals surface area contributed by atoms with Gasteiger partial charge in [0.25, 0.3) is 0 Å². The van der Waals surface area contributed by atoms with Crippen molar-refractivity contribution in [1.29, 1.82) is 0 Å². The number of hydrogen-bond donors (Lipinski definition) is 1. The lowest BCUT2D eigenvalue weighted by Crippen LogP contribution is -2.41. The van der Waals surface area contributed by atoms with Gasteiger partial charge in [0.05, 0.1) is 19.6 Å². The Morgan fingerprint density at radius 1 is 1.40 bits per heavy atom. The molecule has 0 aromatic rings. The summed E-state index contributed by atoms with van der Waals surface area (Å²) in [6.45, 7) is 5.01. The van der Waals surface area contributed by atoms with Crippen molar-refractivity contribution in [2.24, 2.45) is 0 Å². The molecule has 0 radical (unpaired) electrons. The van der Waals surface area contributed by atoms with Gasteiger partial charge in [-0.2, -0.15) is 0 Å². The van der Waals surface area contributed by atoms with Crippen LogP contribution in [0.2, 0.25) is 0 Å². The number of aliphatic hydroxyl groups is 1. The summed E-state index contributed by atoms with van der Waals surface area (Å²) >= 11 is 0. The Morgan fingerprint density at radius 3 is 2.40 bits per heavy atom. The van der Waals surface area contributed by atoms with Crippen LogP contribution in [0.4, 0.5) is 0 Å². The van der Waals surface area contributed by atoms with E-state index in [0.29, 0.717) is 19.6 Å². The SMILES string of the molecule is CCC(CC)N(CCO)C(=O)CCOC. The van der Waals surface area contributed by atoms with Crippen LogP contribution in [-0.2, 0) is 9.53 Å². The predicted molar refractivity (Wildman–Crippen MR) is 59.7 cm³/mol. The molecule has 15 heavy (non-hydrogen) atoms. The van der Waals surface area contributed by atoms with Gasteiger partial charge in [0, 0.05) is 19.7 Å². The van der Waals surface area contributed by atoms with Crippen LogP contribution < -0.4 is 0 Å². The molecule has 0 heterocycles. The largest absolute Gasteiger partial charge is 0.395 e. The summed E-state index contributed by atoms with van der Waals surface area (Å²) in [4.78, 5) is 13.5. The quantitative estimate of drug-likeness (QED) is 0.660.